The zero-order chi connectivity index (χ0) is 23.5. The first kappa shape index (κ1) is 23.2. The molecular formula is C29H38N2O3. The van der Waals surface area contributed by atoms with Gasteiger partial charge in [0.25, 0.3) is 0 Å². The molecule has 2 aromatic carbocycles. The minimum atomic E-state index is -0.230. The Morgan fingerprint density at radius 2 is 1.71 bits per heavy atom. The average molecular weight is 463 g/mol. The molecule has 0 aromatic heterocycles. The van der Waals surface area contributed by atoms with Crippen LogP contribution in [0.25, 0.3) is 0 Å². The number of hydrogen-bond acceptors (Lipinski definition) is 5. The van der Waals surface area contributed by atoms with Crippen molar-refractivity contribution in [3.8, 4) is 5.75 Å². The molecule has 3 heterocycles. The molecule has 3 atom stereocenters. The highest BCUT2D eigenvalue weighted by Crippen LogP contribution is 2.41. The highest BCUT2D eigenvalue weighted by molar-refractivity contribution is 5.78. The molecule has 3 unspecified atom stereocenters. The van der Waals surface area contributed by atoms with E-state index in [1.807, 2.05) is 24.3 Å². The van der Waals surface area contributed by atoms with Crippen molar-refractivity contribution in [2.75, 3.05) is 37.6 Å². The lowest BCUT2D eigenvalue weighted by Gasteiger charge is -2.24. The lowest BCUT2D eigenvalue weighted by Crippen LogP contribution is -2.30. The van der Waals surface area contributed by atoms with Crippen molar-refractivity contribution in [1.29, 1.82) is 0 Å². The Labute approximate surface area is 204 Å². The minimum absolute atomic E-state index is 0.0337. The summed E-state index contributed by atoms with van der Waals surface area (Å²) in [5.41, 5.74) is 2.22. The minimum Gasteiger partial charge on any atom is -0.489 e. The molecule has 2 aromatic rings. The molecule has 0 N–H and O–H groups in total. The molecule has 0 radical (unpaired) electrons. The van der Waals surface area contributed by atoms with Crippen molar-refractivity contribution >= 4 is 11.7 Å². The fourth-order valence-electron chi connectivity index (χ4n) is 6.15. The fraction of sp³-hybridized carbons (Fsp3) is 0.552. The number of esters is 1. The zero-order valence-electron chi connectivity index (χ0n) is 20.6. The van der Waals surface area contributed by atoms with Crippen LogP contribution < -0.4 is 9.64 Å². The Hall–Kier alpha value is -2.53. The molecule has 3 saturated heterocycles. The number of benzene rings is 2. The fourth-order valence-corrected chi connectivity index (χ4v) is 6.15. The van der Waals surface area contributed by atoms with Gasteiger partial charge in [-0.1, -0.05) is 50.2 Å². The molecule has 182 valence electrons. The van der Waals surface area contributed by atoms with E-state index < -0.39 is 0 Å². The molecule has 0 bridgehead atoms. The monoisotopic (exact) mass is 462 g/mol. The number of likely N-dealkylation sites (tertiary alicyclic amines) is 1. The topological polar surface area (TPSA) is 42.0 Å². The quantitative estimate of drug-likeness (QED) is 0.483. The van der Waals surface area contributed by atoms with E-state index in [1.54, 1.807) is 0 Å². The first-order valence-electron chi connectivity index (χ1n) is 13.0. The highest BCUT2D eigenvalue weighted by atomic mass is 16.6. The van der Waals surface area contributed by atoms with E-state index in [2.05, 4.69) is 54.0 Å². The molecule has 5 heteroatoms. The van der Waals surface area contributed by atoms with Crippen LogP contribution in [-0.4, -0.2) is 49.7 Å². The third-order valence-corrected chi connectivity index (χ3v) is 8.44. The SMILES string of the molecule is CCC1(CC)CC(CCN2CC3CN(c4cccc(OCc5ccccc5)c4)CC3C2)OC1=O. The van der Waals surface area contributed by atoms with E-state index >= 15 is 0 Å². The second-order valence-electron chi connectivity index (χ2n) is 10.5. The Kier molecular flexibility index (Phi) is 6.82. The van der Waals surface area contributed by atoms with Crippen LogP contribution in [0, 0.1) is 17.3 Å². The van der Waals surface area contributed by atoms with Gasteiger partial charge in [-0.2, -0.15) is 0 Å². The van der Waals surface area contributed by atoms with Crippen LogP contribution in [0.4, 0.5) is 5.69 Å². The predicted octanol–water partition coefficient (Wildman–Crippen LogP) is 5.15. The van der Waals surface area contributed by atoms with E-state index in [0.29, 0.717) is 18.4 Å². The van der Waals surface area contributed by atoms with Crippen molar-refractivity contribution in [3.05, 3.63) is 60.2 Å². The van der Waals surface area contributed by atoms with Gasteiger partial charge in [-0.25, -0.2) is 0 Å². The summed E-state index contributed by atoms with van der Waals surface area (Å²) in [5.74, 6) is 2.39. The lowest BCUT2D eigenvalue weighted by molar-refractivity contribution is -0.149. The summed E-state index contributed by atoms with van der Waals surface area (Å²) in [6, 6.07) is 18.9. The number of rotatable bonds is 9. The maximum atomic E-state index is 12.4. The number of ether oxygens (including phenoxy) is 2. The second-order valence-corrected chi connectivity index (χ2v) is 10.5. The largest absolute Gasteiger partial charge is 0.489 e. The summed E-state index contributed by atoms with van der Waals surface area (Å²) >= 11 is 0. The van der Waals surface area contributed by atoms with Crippen molar-refractivity contribution in [1.82, 2.24) is 4.90 Å². The van der Waals surface area contributed by atoms with E-state index in [-0.39, 0.29) is 17.5 Å². The van der Waals surface area contributed by atoms with E-state index in [9.17, 15) is 4.79 Å². The zero-order valence-corrected chi connectivity index (χ0v) is 20.6. The maximum Gasteiger partial charge on any atom is 0.312 e. The number of hydrogen-bond donors (Lipinski definition) is 0. The Morgan fingerprint density at radius 3 is 2.38 bits per heavy atom. The van der Waals surface area contributed by atoms with Crippen LogP contribution in [-0.2, 0) is 16.1 Å². The van der Waals surface area contributed by atoms with Crippen LogP contribution in [0.5, 0.6) is 5.75 Å². The Morgan fingerprint density at radius 1 is 0.971 bits per heavy atom. The van der Waals surface area contributed by atoms with Crippen LogP contribution >= 0.6 is 0 Å². The van der Waals surface area contributed by atoms with Gasteiger partial charge in [0.05, 0.1) is 5.41 Å². The molecule has 0 amide bonds. The standard InChI is InChI=1S/C29H38N2O3/c1-3-29(4-2)16-27(34-28(29)32)13-14-30-17-23-19-31(20-24(23)18-30)25-11-8-12-26(15-25)33-21-22-9-6-5-7-10-22/h5-12,15,23-24,27H,3-4,13-14,16-21H2,1-2H3. The Bertz CT molecular complexity index is 960. The van der Waals surface area contributed by atoms with Crippen LogP contribution in [0.2, 0.25) is 0 Å². The van der Waals surface area contributed by atoms with Gasteiger partial charge >= 0.3 is 5.97 Å². The molecule has 5 rings (SSSR count). The molecule has 0 aliphatic carbocycles. The van der Waals surface area contributed by atoms with Gasteiger partial charge in [-0.15, -0.1) is 0 Å². The van der Waals surface area contributed by atoms with Gasteiger partial charge in [-0.3, -0.25) is 4.79 Å². The van der Waals surface area contributed by atoms with Gasteiger partial charge in [0.15, 0.2) is 0 Å². The summed E-state index contributed by atoms with van der Waals surface area (Å²) in [5, 5.41) is 0. The highest BCUT2D eigenvalue weighted by Gasteiger charge is 2.46. The third-order valence-electron chi connectivity index (χ3n) is 8.44. The summed E-state index contributed by atoms with van der Waals surface area (Å²) < 4.78 is 11.8. The summed E-state index contributed by atoms with van der Waals surface area (Å²) in [4.78, 5) is 17.5. The van der Waals surface area contributed by atoms with Crippen molar-refractivity contribution in [2.45, 2.75) is 52.2 Å². The second kappa shape index (κ2) is 9.99. The average Bonchev–Trinajstić information content (AvgIpc) is 3.53. The van der Waals surface area contributed by atoms with E-state index in [4.69, 9.17) is 9.47 Å². The summed E-state index contributed by atoms with van der Waals surface area (Å²) in [7, 11) is 0. The van der Waals surface area contributed by atoms with Gasteiger partial charge in [-0.05, 0) is 48.8 Å². The normalized spacial score (nSPS) is 26.0. The van der Waals surface area contributed by atoms with Crippen LogP contribution in [0.1, 0.15) is 45.1 Å². The summed E-state index contributed by atoms with van der Waals surface area (Å²) in [6.07, 6.45) is 3.75. The molecule has 3 aliphatic rings. The predicted molar refractivity (Wildman–Crippen MR) is 135 cm³/mol. The first-order chi connectivity index (χ1) is 16.6. The van der Waals surface area contributed by atoms with Crippen molar-refractivity contribution < 1.29 is 14.3 Å². The number of cyclic esters (lactones) is 1. The number of fused-ring (bicyclic) bond motifs is 1. The van der Waals surface area contributed by atoms with Crippen LogP contribution in [0.3, 0.4) is 0 Å². The molecule has 0 spiro atoms. The Balaban J connectivity index is 1.10. The van der Waals surface area contributed by atoms with Crippen molar-refractivity contribution in [2.24, 2.45) is 17.3 Å². The van der Waals surface area contributed by atoms with E-state index in [1.165, 1.54) is 11.3 Å². The maximum absolute atomic E-state index is 12.4. The van der Waals surface area contributed by atoms with Crippen molar-refractivity contribution in [3.63, 3.8) is 0 Å². The number of carbonyl (C=O) groups is 1. The van der Waals surface area contributed by atoms with Gasteiger partial charge < -0.3 is 19.3 Å². The molecular weight excluding hydrogens is 424 g/mol. The molecule has 3 fully saturated rings. The van der Waals surface area contributed by atoms with Crippen LogP contribution in [0.15, 0.2) is 54.6 Å². The number of carbonyl (C=O) groups excluding carboxylic acids is 1. The number of nitrogens with zero attached hydrogens (tertiary/aromatic N) is 2. The molecule has 5 nitrogen and oxygen atoms in total. The summed E-state index contributed by atoms with van der Waals surface area (Å²) in [6.45, 7) is 10.4. The molecule has 34 heavy (non-hydrogen) atoms. The molecule has 0 saturated carbocycles. The third kappa shape index (κ3) is 4.81. The van der Waals surface area contributed by atoms with Gasteiger partial charge in [0.2, 0.25) is 0 Å². The smallest absolute Gasteiger partial charge is 0.312 e. The number of anilines is 1. The van der Waals surface area contributed by atoms with E-state index in [0.717, 1.165) is 64.2 Å². The first-order valence-corrected chi connectivity index (χ1v) is 13.0. The van der Waals surface area contributed by atoms with Gasteiger partial charge in [0.1, 0.15) is 18.5 Å². The van der Waals surface area contributed by atoms with Gasteiger partial charge in [0, 0.05) is 50.9 Å². The lowest BCUT2D eigenvalue weighted by atomic mass is 9.79. The molecule has 3 aliphatic heterocycles.